The first-order chi connectivity index (χ1) is 9.99. The summed E-state index contributed by atoms with van der Waals surface area (Å²) in [5.41, 5.74) is 0.549. The standard InChI is InChI=1S/C15H20N2O3S/c1-10-8-17(9-11(2)20-10)15(21)16-14(18)12-4-6-13(19-3)7-5-12/h4-7,10-11H,8-9H2,1-3H3,(H,16,18,21). The quantitative estimate of drug-likeness (QED) is 0.845. The highest BCUT2D eigenvalue weighted by molar-refractivity contribution is 7.80. The van der Waals surface area contributed by atoms with Crippen molar-refractivity contribution in [1.29, 1.82) is 0 Å². The molecule has 1 aliphatic rings. The van der Waals surface area contributed by atoms with Gasteiger partial charge in [-0.2, -0.15) is 0 Å². The number of rotatable bonds is 2. The van der Waals surface area contributed by atoms with E-state index in [1.54, 1.807) is 31.4 Å². The molecule has 21 heavy (non-hydrogen) atoms. The molecule has 2 unspecified atom stereocenters. The van der Waals surface area contributed by atoms with Gasteiger partial charge in [0.2, 0.25) is 0 Å². The molecule has 1 N–H and O–H groups in total. The van der Waals surface area contributed by atoms with Gasteiger partial charge >= 0.3 is 0 Å². The van der Waals surface area contributed by atoms with Gasteiger partial charge in [-0.3, -0.25) is 10.1 Å². The number of methoxy groups -OCH3 is 1. The van der Waals surface area contributed by atoms with Crippen molar-refractivity contribution < 1.29 is 14.3 Å². The Morgan fingerprint density at radius 3 is 2.38 bits per heavy atom. The maximum Gasteiger partial charge on any atom is 0.257 e. The summed E-state index contributed by atoms with van der Waals surface area (Å²) in [6.45, 7) is 5.37. The maximum atomic E-state index is 12.2. The van der Waals surface area contributed by atoms with Crippen LogP contribution in [-0.2, 0) is 4.74 Å². The molecule has 0 radical (unpaired) electrons. The van der Waals surface area contributed by atoms with Crippen LogP contribution in [0, 0.1) is 0 Å². The minimum absolute atomic E-state index is 0.101. The zero-order valence-corrected chi connectivity index (χ0v) is 13.3. The van der Waals surface area contributed by atoms with Crippen molar-refractivity contribution in [2.24, 2.45) is 0 Å². The largest absolute Gasteiger partial charge is 0.497 e. The van der Waals surface area contributed by atoms with E-state index in [0.29, 0.717) is 29.5 Å². The van der Waals surface area contributed by atoms with Gasteiger partial charge < -0.3 is 14.4 Å². The van der Waals surface area contributed by atoms with Crippen molar-refractivity contribution >= 4 is 23.2 Å². The fraction of sp³-hybridized carbons (Fsp3) is 0.467. The summed E-state index contributed by atoms with van der Waals surface area (Å²) in [6, 6.07) is 6.91. The monoisotopic (exact) mass is 308 g/mol. The zero-order chi connectivity index (χ0) is 15.4. The molecule has 6 heteroatoms. The summed E-state index contributed by atoms with van der Waals surface area (Å²) in [7, 11) is 1.59. The molecule has 0 saturated carbocycles. The zero-order valence-electron chi connectivity index (χ0n) is 12.5. The normalized spacial score (nSPS) is 21.8. The van der Waals surface area contributed by atoms with Crippen LogP contribution in [-0.4, -0.2) is 48.3 Å². The Labute approximate surface area is 130 Å². The molecule has 114 valence electrons. The summed E-state index contributed by atoms with van der Waals surface area (Å²) in [5.74, 6) is 0.499. The van der Waals surface area contributed by atoms with E-state index >= 15 is 0 Å². The first-order valence-electron chi connectivity index (χ1n) is 6.89. The summed E-state index contributed by atoms with van der Waals surface area (Å²) >= 11 is 5.32. The minimum Gasteiger partial charge on any atom is -0.497 e. The van der Waals surface area contributed by atoms with E-state index in [1.807, 2.05) is 18.7 Å². The molecule has 1 aromatic rings. The number of ether oxygens (including phenoxy) is 2. The molecule has 1 heterocycles. The number of nitrogens with zero attached hydrogens (tertiary/aromatic N) is 1. The Hall–Kier alpha value is -1.66. The Morgan fingerprint density at radius 2 is 1.86 bits per heavy atom. The van der Waals surface area contributed by atoms with Gasteiger partial charge in [0.25, 0.3) is 5.91 Å². The fourth-order valence-corrected chi connectivity index (χ4v) is 2.58. The van der Waals surface area contributed by atoms with Crippen LogP contribution in [0.4, 0.5) is 0 Å². The summed E-state index contributed by atoms with van der Waals surface area (Å²) in [4.78, 5) is 14.1. The molecule has 0 spiro atoms. The van der Waals surface area contributed by atoms with Crippen LogP contribution in [0.2, 0.25) is 0 Å². The van der Waals surface area contributed by atoms with E-state index in [1.165, 1.54) is 0 Å². The van der Waals surface area contributed by atoms with Crippen LogP contribution in [0.3, 0.4) is 0 Å². The first kappa shape index (κ1) is 15.7. The second-order valence-electron chi connectivity index (χ2n) is 5.15. The van der Waals surface area contributed by atoms with Crippen molar-refractivity contribution in [1.82, 2.24) is 10.2 Å². The van der Waals surface area contributed by atoms with Gasteiger partial charge in [0.05, 0.1) is 19.3 Å². The topological polar surface area (TPSA) is 50.8 Å². The summed E-state index contributed by atoms with van der Waals surface area (Å²) in [5, 5.41) is 3.21. The molecule has 1 aromatic carbocycles. The van der Waals surface area contributed by atoms with E-state index in [2.05, 4.69) is 5.32 Å². The van der Waals surface area contributed by atoms with Gasteiger partial charge in [0.15, 0.2) is 5.11 Å². The third kappa shape index (κ3) is 4.15. The van der Waals surface area contributed by atoms with Crippen LogP contribution in [0.25, 0.3) is 0 Å². The van der Waals surface area contributed by atoms with Crippen LogP contribution < -0.4 is 10.1 Å². The second kappa shape index (κ2) is 6.87. The number of morpholine rings is 1. The van der Waals surface area contributed by atoms with Crippen LogP contribution in [0.15, 0.2) is 24.3 Å². The second-order valence-corrected chi connectivity index (χ2v) is 5.54. The number of nitrogens with one attached hydrogen (secondary N) is 1. The maximum absolute atomic E-state index is 12.2. The summed E-state index contributed by atoms with van der Waals surface area (Å²) < 4.78 is 10.7. The number of thiocarbonyl (C=S) groups is 1. The summed E-state index contributed by atoms with van der Waals surface area (Å²) in [6.07, 6.45) is 0.203. The Morgan fingerprint density at radius 1 is 1.29 bits per heavy atom. The number of hydrogen-bond acceptors (Lipinski definition) is 4. The molecule has 1 saturated heterocycles. The van der Waals surface area contributed by atoms with Gasteiger partial charge in [0, 0.05) is 18.7 Å². The van der Waals surface area contributed by atoms with Gasteiger partial charge in [0.1, 0.15) is 5.75 Å². The molecule has 0 aromatic heterocycles. The molecule has 1 amide bonds. The molecule has 1 aliphatic heterocycles. The smallest absolute Gasteiger partial charge is 0.257 e. The van der Waals surface area contributed by atoms with Gasteiger partial charge in [-0.1, -0.05) is 0 Å². The van der Waals surface area contributed by atoms with Gasteiger partial charge in [-0.05, 0) is 50.3 Å². The highest BCUT2D eigenvalue weighted by Crippen LogP contribution is 2.13. The first-order valence-corrected chi connectivity index (χ1v) is 7.30. The van der Waals surface area contributed by atoms with Crippen molar-refractivity contribution in [2.75, 3.05) is 20.2 Å². The van der Waals surface area contributed by atoms with E-state index in [0.717, 1.165) is 0 Å². The third-order valence-electron chi connectivity index (χ3n) is 3.28. The Kier molecular flexibility index (Phi) is 5.14. The fourth-order valence-electron chi connectivity index (χ4n) is 2.33. The molecule has 0 aliphatic carbocycles. The molecular formula is C15H20N2O3S. The van der Waals surface area contributed by atoms with Crippen molar-refractivity contribution in [3.63, 3.8) is 0 Å². The van der Waals surface area contributed by atoms with E-state index in [4.69, 9.17) is 21.7 Å². The number of carbonyl (C=O) groups is 1. The minimum atomic E-state index is -0.213. The van der Waals surface area contributed by atoms with Crippen LogP contribution in [0.5, 0.6) is 5.75 Å². The molecule has 0 bridgehead atoms. The van der Waals surface area contributed by atoms with E-state index < -0.39 is 0 Å². The number of hydrogen-bond donors (Lipinski definition) is 1. The van der Waals surface area contributed by atoms with Crippen molar-refractivity contribution in [3.8, 4) is 5.75 Å². The molecule has 2 atom stereocenters. The molecule has 2 rings (SSSR count). The van der Waals surface area contributed by atoms with E-state index in [9.17, 15) is 4.79 Å². The van der Waals surface area contributed by atoms with Gasteiger partial charge in [-0.25, -0.2) is 0 Å². The predicted molar refractivity (Wildman–Crippen MR) is 84.6 cm³/mol. The lowest BCUT2D eigenvalue weighted by molar-refractivity contribution is -0.0481. The van der Waals surface area contributed by atoms with Crippen LogP contribution in [0.1, 0.15) is 24.2 Å². The number of amides is 1. The predicted octanol–water partition coefficient (Wildman–Crippen LogP) is 1.82. The lowest BCUT2D eigenvalue weighted by Gasteiger charge is -2.36. The molecule has 5 nitrogen and oxygen atoms in total. The van der Waals surface area contributed by atoms with Gasteiger partial charge in [-0.15, -0.1) is 0 Å². The van der Waals surface area contributed by atoms with Crippen LogP contribution >= 0.6 is 12.2 Å². The third-order valence-corrected chi connectivity index (χ3v) is 3.64. The lowest BCUT2D eigenvalue weighted by Crippen LogP contribution is -2.52. The van der Waals surface area contributed by atoms with Crippen molar-refractivity contribution in [3.05, 3.63) is 29.8 Å². The molecule has 1 fully saturated rings. The SMILES string of the molecule is COc1ccc(C(=O)NC(=S)N2CC(C)OC(C)C2)cc1. The highest BCUT2D eigenvalue weighted by atomic mass is 32.1. The average molecular weight is 308 g/mol. The van der Waals surface area contributed by atoms with Crippen molar-refractivity contribution in [2.45, 2.75) is 26.1 Å². The Bertz CT molecular complexity index is 508. The number of benzene rings is 1. The highest BCUT2D eigenvalue weighted by Gasteiger charge is 2.24. The number of carbonyl (C=O) groups excluding carboxylic acids is 1. The average Bonchev–Trinajstić information content (AvgIpc) is 2.46. The Balaban J connectivity index is 1.96. The lowest BCUT2D eigenvalue weighted by atomic mass is 10.2. The molecular weight excluding hydrogens is 288 g/mol. The van der Waals surface area contributed by atoms with E-state index in [-0.39, 0.29) is 18.1 Å².